The number of hydrogen-bond acceptors (Lipinski definition) is 4. The van der Waals surface area contributed by atoms with E-state index in [1.165, 1.54) is 0 Å². The number of carbonyl (C=O) groups excluding carboxylic acids is 4. The summed E-state index contributed by atoms with van der Waals surface area (Å²) >= 11 is 0. The van der Waals surface area contributed by atoms with Gasteiger partial charge in [-0.3, -0.25) is 27.2 Å². The largest absolute Gasteiger partial charge is 0.545 e. The maximum absolute atomic E-state index is 7.75. The van der Waals surface area contributed by atoms with E-state index in [1.54, 1.807) is 0 Å². The summed E-state index contributed by atoms with van der Waals surface area (Å²) < 4.78 is 4.16. The molecule has 1 rings (SSSR count). The molecule has 0 atom stereocenters. The van der Waals surface area contributed by atoms with Crippen molar-refractivity contribution in [2.45, 2.75) is 13.5 Å². The van der Waals surface area contributed by atoms with Crippen LogP contribution in [-0.4, -0.2) is 31.7 Å². The Morgan fingerprint density at radius 3 is 1.47 bits per heavy atom. The second-order valence-corrected chi connectivity index (χ2v) is 1.91. The van der Waals surface area contributed by atoms with Crippen LogP contribution in [0, 0.1) is 0 Å². The molecule has 0 aromatic carbocycles. The van der Waals surface area contributed by atoms with Crippen LogP contribution >= 0.6 is 0 Å². The molecule has 0 spiro atoms. The van der Waals surface area contributed by atoms with Crippen molar-refractivity contribution >= 4 is 27.2 Å². The molecule has 1 aromatic heterocycles. The van der Waals surface area contributed by atoms with E-state index in [9.17, 15) is 0 Å². The zero-order chi connectivity index (χ0) is 14.0. The second-order valence-electron chi connectivity index (χ2n) is 1.91. The van der Waals surface area contributed by atoms with E-state index in [0.717, 1.165) is 6.54 Å². The Morgan fingerprint density at radius 2 is 1.35 bits per heavy atom. The van der Waals surface area contributed by atoms with E-state index in [-0.39, 0.29) is 16.8 Å². The summed E-state index contributed by atoms with van der Waals surface area (Å²) in [7, 11) is 2.02. The van der Waals surface area contributed by atoms with Crippen LogP contribution in [0.2, 0.25) is 0 Å². The Morgan fingerprint density at radius 1 is 1.00 bits per heavy atom. The number of hydrogen-bond donors (Lipinski definition) is 0. The average Bonchev–Trinajstić information content (AvgIpc) is 2.85. The van der Waals surface area contributed by atoms with Gasteiger partial charge in [-0.2, -0.15) is 0 Å². The molecule has 0 unspecified atom stereocenters. The predicted molar refractivity (Wildman–Crippen MR) is 58.3 cm³/mol. The number of aromatic nitrogens is 2. The van der Waals surface area contributed by atoms with Gasteiger partial charge in [-0.15, -0.1) is 0 Å². The molecule has 1 radical (unpaired) electrons. The maximum Gasteiger partial charge on any atom is 0.243 e. The van der Waals surface area contributed by atoms with E-state index >= 15 is 0 Å². The van der Waals surface area contributed by atoms with Crippen molar-refractivity contribution in [3.8, 4) is 0 Å². The van der Waals surface area contributed by atoms with E-state index in [0.29, 0.717) is 0 Å². The number of aryl methyl sites for hydroxylation is 2. The summed E-state index contributed by atoms with van der Waals surface area (Å²) in [5, 5.41) is 0. The summed E-state index contributed by atoms with van der Waals surface area (Å²) in [4.78, 5) is 31.0. The molecule has 0 saturated carbocycles. The Hall–Kier alpha value is -1.60. The van der Waals surface area contributed by atoms with E-state index < -0.39 is 0 Å². The fourth-order valence-electron chi connectivity index (χ4n) is 0.689. The van der Waals surface area contributed by atoms with Crippen LogP contribution in [0.4, 0.5) is 0 Å². The van der Waals surface area contributed by atoms with Crippen LogP contribution in [0.5, 0.6) is 0 Å². The van der Waals surface area contributed by atoms with Gasteiger partial charge in [-0.25, -0.2) is 9.13 Å². The smallest absolute Gasteiger partial charge is 0.243 e. The second kappa shape index (κ2) is 36.6. The van der Waals surface area contributed by atoms with Gasteiger partial charge in [0.1, 0.15) is 12.4 Å². The number of imidazole rings is 1. The molecular weight excluding hydrogens is 271 g/mol. The molecule has 0 N–H and O–H groups in total. The quantitative estimate of drug-likeness (QED) is 0.386. The maximum atomic E-state index is 7.75. The first kappa shape index (κ1) is 29.5. The van der Waals surface area contributed by atoms with Crippen molar-refractivity contribution in [2.75, 3.05) is 0 Å². The molecule has 0 aliphatic heterocycles. The van der Waals surface area contributed by atoms with Gasteiger partial charge in [0.2, 0.25) is 6.33 Å². The normalized spacial score (nSPS) is 5.53. The van der Waals surface area contributed by atoms with Crippen LogP contribution in [0.1, 0.15) is 6.92 Å². The van der Waals surface area contributed by atoms with Crippen molar-refractivity contribution in [3.05, 3.63) is 18.7 Å². The topological polar surface area (TPSA) is 77.1 Å². The standard InChI is InChI=1S/C6H11N2.4CHO.Co/c1-3-8-5-4-7(2)6-8;4*1-2;/h4-6H,3H2,1-2H3;4*1H;/q+1;4*-1;. The van der Waals surface area contributed by atoms with Crippen LogP contribution in [0.3, 0.4) is 0 Å². The minimum atomic E-state index is 0. The van der Waals surface area contributed by atoms with Gasteiger partial charge < -0.3 is 19.2 Å². The molecule has 0 aliphatic rings. The summed E-state index contributed by atoms with van der Waals surface area (Å²) in [6.45, 7) is 16.2. The molecule has 0 bridgehead atoms. The Balaban J connectivity index is -0.0000000462. The molecule has 0 aliphatic carbocycles. The molecular formula is C10H15CoN2O4-3. The van der Waals surface area contributed by atoms with Gasteiger partial charge in [-0.05, 0) is 6.92 Å². The summed E-state index contributed by atoms with van der Waals surface area (Å²) in [6.07, 6.45) is 6.14. The third-order valence-corrected chi connectivity index (χ3v) is 1.19. The Kier molecular flexibility index (Phi) is 63.6. The van der Waals surface area contributed by atoms with Crippen LogP contribution in [0.25, 0.3) is 0 Å². The van der Waals surface area contributed by atoms with Crippen molar-refractivity contribution in [2.24, 2.45) is 7.05 Å². The molecule has 0 amide bonds. The molecule has 0 saturated heterocycles. The average molecular weight is 286 g/mol. The van der Waals surface area contributed by atoms with E-state index in [2.05, 4.69) is 51.2 Å². The minimum absolute atomic E-state index is 0. The third-order valence-electron chi connectivity index (χ3n) is 1.19. The van der Waals surface area contributed by atoms with Crippen molar-refractivity contribution in [1.82, 2.24) is 4.57 Å². The van der Waals surface area contributed by atoms with Gasteiger partial charge in [0.05, 0.1) is 13.6 Å². The fourth-order valence-corrected chi connectivity index (χ4v) is 0.689. The third kappa shape index (κ3) is 25.1. The van der Waals surface area contributed by atoms with E-state index in [4.69, 9.17) is 19.2 Å². The zero-order valence-electron chi connectivity index (χ0n) is 9.61. The number of rotatable bonds is 1. The van der Waals surface area contributed by atoms with Crippen LogP contribution in [-0.2, 0) is 49.5 Å². The van der Waals surface area contributed by atoms with Gasteiger partial charge >= 0.3 is 0 Å². The minimum Gasteiger partial charge on any atom is -0.545 e. The molecule has 101 valence electrons. The molecule has 1 aromatic rings. The van der Waals surface area contributed by atoms with Crippen molar-refractivity contribution < 1.29 is 40.5 Å². The summed E-state index contributed by atoms with van der Waals surface area (Å²) in [6, 6.07) is 0. The van der Waals surface area contributed by atoms with E-state index in [1.807, 2.05) is 17.8 Å². The van der Waals surface area contributed by atoms with Gasteiger partial charge in [0.25, 0.3) is 0 Å². The fraction of sp³-hybridized carbons (Fsp3) is 0.300. The monoisotopic (exact) mass is 286 g/mol. The molecule has 7 heteroatoms. The molecule has 0 fully saturated rings. The Labute approximate surface area is 112 Å². The molecule has 17 heavy (non-hydrogen) atoms. The first-order valence-corrected chi connectivity index (χ1v) is 3.78. The first-order valence-electron chi connectivity index (χ1n) is 3.78. The summed E-state index contributed by atoms with van der Waals surface area (Å²) in [5.74, 6) is 0. The molecule has 1 heterocycles. The Bertz CT molecular complexity index is 226. The van der Waals surface area contributed by atoms with Crippen molar-refractivity contribution in [1.29, 1.82) is 0 Å². The van der Waals surface area contributed by atoms with Gasteiger partial charge in [0, 0.05) is 16.8 Å². The first-order chi connectivity index (χ1) is 7.83. The summed E-state index contributed by atoms with van der Waals surface area (Å²) in [5.41, 5.74) is 0. The van der Waals surface area contributed by atoms with Gasteiger partial charge in [-0.1, -0.05) is 0 Å². The van der Waals surface area contributed by atoms with Crippen LogP contribution in [0.15, 0.2) is 18.7 Å². The zero-order valence-corrected chi connectivity index (χ0v) is 10.7. The predicted octanol–water partition coefficient (Wildman–Crippen LogP) is -0.766. The SMILES string of the molecule is CCn1cc[n+](C)c1.[CH-]=O.[CH-]=O.[CH-]=O.[CH-]=O.[Co]. The van der Waals surface area contributed by atoms with Crippen LogP contribution < -0.4 is 4.57 Å². The molecule has 6 nitrogen and oxygen atoms in total. The number of nitrogens with zero attached hydrogens (tertiary/aromatic N) is 2. The van der Waals surface area contributed by atoms with Crippen molar-refractivity contribution in [3.63, 3.8) is 0 Å². The van der Waals surface area contributed by atoms with Gasteiger partial charge in [0.15, 0.2) is 0 Å².